The second-order valence-corrected chi connectivity index (χ2v) is 7.58. The van der Waals surface area contributed by atoms with E-state index < -0.39 is 10.0 Å². The van der Waals surface area contributed by atoms with Gasteiger partial charge in [-0.15, -0.1) is 0 Å². The summed E-state index contributed by atoms with van der Waals surface area (Å²) in [5.74, 6) is 0.355. The Kier molecular flexibility index (Phi) is 6.27. The normalized spacial score (nSPS) is 11.0. The summed E-state index contributed by atoms with van der Waals surface area (Å²) in [5, 5.41) is 3.03. The van der Waals surface area contributed by atoms with Crippen LogP contribution in [0.4, 0.5) is 5.69 Å². The first-order valence-corrected chi connectivity index (χ1v) is 9.70. The molecule has 1 N–H and O–H groups in total. The fourth-order valence-corrected chi connectivity index (χ4v) is 3.46. The van der Waals surface area contributed by atoms with Gasteiger partial charge in [0.2, 0.25) is 10.0 Å². The SMILES string of the molecule is COc1ccc(C(=O)NCCN(c2ccccc2Cl)S(C)(=O)=O)cc1. The van der Waals surface area contributed by atoms with Crippen molar-refractivity contribution < 1.29 is 17.9 Å². The van der Waals surface area contributed by atoms with Gasteiger partial charge in [-0.1, -0.05) is 23.7 Å². The van der Waals surface area contributed by atoms with Crippen LogP contribution >= 0.6 is 11.6 Å². The monoisotopic (exact) mass is 382 g/mol. The number of nitrogens with one attached hydrogen (secondary N) is 1. The Morgan fingerprint density at radius 1 is 1.16 bits per heavy atom. The molecular formula is C17H19ClN2O4S. The van der Waals surface area contributed by atoms with Gasteiger partial charge in [0.25, 0.3) is 5.91 Å². The number of rotatable bonds is 7. The first-order chi connectivity index (χ1) is 11.8. The van der Waals surface area contributed by atoms with Crippen molar-refractivity contribution in [1.82, 2.24) is 5.32 Å². The van der Waals surface area contributed by atoms with Crippen molar-refractivity contribution in [1.29, 1.82) is 0 Å². The molecule has 25 heavy (non-hydrogen) atoms. The maximum atomic E-state index is 12.1. The van der Waals surface area contributed by atoms with Crippen LogP contribution < -0.4 is 14.4 Å². The third-order valence-electron chi connectivity index (χ3n) is 3.47. The van der Waals surface area contributed by atoms with Crippen LogP contribution in [0.1, 0.15) is 10.4 Å². The van der Waals surface area contributed by atoms with Crippen LogP contribution in [0.2, 0.25) is 5.02 Å². The summed E-state index contributed by atoms with van der Waals surface area (Å²) in [4.78, 5) is 12.1. The predicted molar refractivity (Wildman–Crippen MR) is 99.0 cm³/mol. The van der Waals surface area contributed by atoms with E-state index >= 15 is 0 Å². The Morgan fingerprint density at radius 2 is 1.80 bits per heavy atom. The quantitative estimate of drug-likeness (QED) is 0.798. The molecule has 0 bridgehead atoms. The molecule has 2 rings (SSSR count). The van der Waals surface area contributed by atoms with Crippen molar-refractivity contribution in [3.63, 3.8) is 0 Å². The zero-order valence-electron chi connectivity index (χ0n) is 13.9. The smallest absolute Gasteiger partial charge is 0.251 e. The molecule has 0 fully saturated rings. The number of anilines is 1. The highest BCUT2D eigenvalue weighted by molar-refractivity contribution is 7.92. The minimum Gasteiger partial charge on any atom is -0.497 e. The molecule has 134 valence electrons. The van der Waals surface area contributed by atoms with Gasteiger partial charge in [-0.25, -0.2) is 8.42 Å². The Balaban J connectivity index is 2.04. The minimum absolute atomic E-state index is 0.0739. The number of ether oxygens (including phenoxy) is 1. The van der Waals surface area contributed by atoms with E-state index in [0.717, 1.165) is 6.26 Å². The molecule has 2 aromatic carbocycles. The van der Waals surface area contributed by atoms with Crippen LogP contribution in [0.3, 0.4) is 0 Å². The molecular weight excluding hydrogens is 364 g/mol. The summed E-state index contributed by atoms with van der Waals surface area (Å²) < 4.78 is 30.3. The molecule has 0 aliphatic heterocycles. The van der Waals surface area contributed by atoms with Gasteiger partial charge < -0.3 is 10.1 Å². The number of hydrogen-bond donors (Lipinski definition) is 1. The van der Waals surface area contributed by atoms with Gasteiger partial charge >= 0.3 is 0 Å². The highest BCUT2D eigenvalue weighted by Crippen LogP contribution is 2.26. The van der Waals surface area contributed by atoms with E-state index in [1.54, 1.807) is 55.6 Å². The third kappa shape index (κ3) is 5.11. The lowest BCUT2D eigenvalue weighted by Gasteiger charge is -2.23. The lowest BCUT2D eigenvalue weighted by molar-refractivity contribution is 0.0955. The van der Waals surface area contributed by atoms with Crippen molar-refractivity contribution in [3.05, 3.63) is 59.1 Å². The van der Waals surface area contributed by atoms with E-state index in [2.05, 4.69) is 5.32 Å². The van der Waals surface area contributed by atoms with Crippen LogP contribution in [-0.4, -0.2) is 40.8 Å². The minimum atomic E-state index is -3.53. The molecule has 0 spiro atoms. The lowest BCUT2D eigenvalue weighted by atomic mass is 10.2. The maximum Gasteiger partial charge on any atom is 0.251 e. The molecule has 0 unspecified atom stereocenters. The predicted octanol–water partition coefficient (Wildman–Crippen LogP) is 2.54. The van der Waals surface area contributed by atoms with Crippen molar-refractivity contribution in [2.75, 3.05) is 30.8 Å². The molecule has 0 atom stereocenters. The first-order valence-electron chi connectivity index (χ1n) is 7.47. The van der Waals surface area contributed by atoms with E-state index in [-0.39, 0.29) is 19.0 Å². The van der Waals surface area contributed by atoms with Gasteiger partial charge in [0.05, 0.1) is 30.6 Å². The second-order valence-electron chi connectivity index (χ2n) is 5.27. The number of benzene rings is 2. The second kappa shape index (κ2) is 8.22. The number of hydrogen-bond acceptors (Lipinski definition) is 4. The Labute approximate surface area is 152 Å². The van der Waals surface area contributed by atoms with Crippen LogP contribution in [0, 0.1) is 0 Å². The zero-order valence-corrected chi connectivity index (χ0v) is 15.5. The molecule has 0 radical (unpaired) electrons. The molecule has 2 aromatic rings. The Bertz CT molecular complexity index is 838. The third-order valence-corrected chi connectivity index (χ3v) is 4.97. The average molecular weight is 383 g/mol. The molecule has 8 heteroatoms. The van der Waals surface area contributed by atoms with E-state index in [1.165, 1.54) is 4.31 Å². The molecule has 0 heterocycles. The Hall–Kier alpha value is -2.25. The summed E-state index contributed by atoms with van der Waals surface area (Å²) in [6, 6.07) is 13.3. The van der Waals surface area contributed by atoms with Gasteiger partial charge in [-0.3, -0.25) is 9.10 Å². The highest BCUT2D eigenvalue weighted by atomic mass is 35.5. The van der Waals surface area contributed by atoms with Crippen molar-refractivity contribution in [3.8, 4) is 5.75 Å². The van der Waals surface area contributed by atoms with E-state index in [0.29, 0.717) is 22.0 Å². The Morgan fingerprint density at radius 3 is 2.36 bits per heavy atom. The number of para-hydroxylation sites is 1. The van der Waals surface area contributed by atoms with E-state index in [1.807, 2.05) is 0 Å². The van der Waals surface area contributed by atoms with E-state index in [9.17, 15) is 13.2 Å². The van der Waals surface area contributed by atoms with Gasteiger partial charge in [-0.05, 0) is 36.4 Å². The largest absolute Gasteiger partial charge is 0.497 e. The zero-order chi connectivity index (χ0) is 18.4. The molecule has 0 aliphatic carbocycles. The van der Waals surface area contributed by atoms with Gasteiger partial charge in [0.1, 0.15) is 5.75 Å². The summed E-state index contributed by atoms with van der Waals surface area (Å²) >= 11 is 6.09. The number of sulfonamides is 1. The first kappa shape index (κ1) is 19.1. The van der Waals surface area contributed by atoms with Gasteiger partial charge in [0, 0.05) is 12.1 Å². The molecule has 1 amide bonds. The molecule has 6 nitrogen and oxygen atoms in total. The summed E-state index contributed by atoms with van der Waals surface area (Å²) in [6.45, 7) is 0.216. The molecule has 0 aliphatic rings. The van der Waals surface area contributed by atoms with Crippen LogP contribution in [0.25, 0.3) is 0 Å². The van der Waals surface area contributed by atoms with Gasteiger partial charge in [0.15, 0.2) is 0 Å². The standard InChI is InChI=1S/C17H19ClN2O4S/c1-24-14-9-7-13(8-10-14)17(21)19-11-12-20(25(2,22)23)16-6-4-3-5-15(16)18/h3-10H,11-12H2,1-2H3,(H,19,21). The molecule has 0 saturated carbocycles. The number of nitrogens with zero attached hydrogens (tertiary/aromatic N) is 1. The van der Waals surface area contributed by atoms with Crippen LogP contribution in [-0.2, 0) is 10.0 Å². The van der Waals surface area contributed by atoms with Crippen molar-refractivity contribution >= 4 is 33.2 Å². The van der Waals surface area contributed by atoms with Crippen LogP contribution in [0.15, 0.2) is 48.5 Å². The highest BCUT2D eigenvalue weighted by Gasteiger charge is 2.19. The molecule has 0 saturated heterocycles. The summed E-state index contributed by atoms with van der Waals surface area (Å²) in [5.41, 5.74) is 0.842. The van der Waals surface area contributed by atoms with Crippen molar-refractivity contribution in [2.24, 2.45) is 0 Å². The summed E-state index contributed by atoms with van der Waals surface area (Å²) in [6.07, 6.45) is 1.10. The van der Waals surface area contributed by atoms with Crippen molar-refractivity contribution in [2.45, 2.75) is 0 Å². The average Bonchev–Trinajstić information content (AvgIpc) is 2.58. The number of carbonyl (C=O) groups is 1. The van der Waals surface area contributed by atoms with Gasteiger partial charge in [-0.2, -0.15) is 0 Å². The number of halogens is 1. The topological polar surface area (TPSA) is 75.7 Å². The maximum absolute atomic E-state index is 12.1. The number of carbonyl (C=O) groups excluding carboxylic acids is 1. The number of methoxy groups -OCH3 is 1. The fourth-order valence-electron chi connectivity index (χ4n) is 2.23. The summed E-state index contributed by atoms with van der Waals surface area (Å²) in [7, 11) is -1.99. The van der Waals surface area contributed by atoms with E-state index in [4.69, 9.17) is 16.3 Å². The number of amides is 1. The molecule has 0 aromatic heterocycles. The van der Waals surface area contributed by atoms with Crippen LogP contribution in [0.5, 0.6) is 5.75 Å². The fraction of sp³-hybridized carbons (Fsp3) is 0.235. The lowest BCUT2D eigenvalue weighted by Crippen LogP contribution is -2.38.